The first kappa shape index (κ1) is 17.8. The van der Waals surface area contributed by atoms with Gasteiger partial charge >= 0.3 is 0 Å². The van der Waals surface area contributed by atoms with E-state index in [0.29, 0.717) is 19.0 Å². The molecule has 1 N–H and O–H groups in total. The lowest BCUT2D eigenvalue weighted by Crippen LogP contribution is -2.49. The molecule has 0 spiro atoms. The molecular weight excluding hydrogens is 320 g/mol. The highest BCUT2D eigenvalue weighted by Crippen LogP contribution is 2.34. The van der Waals surface area contributed by atoms with Crippen LogP contribution in [0.5, 0.6) is 0 Å². The van der Waals surface area contributed by atoms with Gasteiger partial charge < -0.3 is 5.32 Å². The molecule has 1 aromatic rings. The second-order valence-electron chi connectivity index (χ2n) is 7.02. The highest BCUT2D eigenvalue weighted by molar-refractivity contribution is 7.09. The van der Waals surface area contributed by atoms with E-state index in [4.69, 9.17) is 4.98 Å². The molecular formula is C18H30N4OS. The van der Waals surface area contributed by atoms with Gasteiger partial charge in [-0.15, -0.1) is 11.3 Å². The Kier molecular flexibility index (Phi) is 6.63. The number of carbonyl (C=O) groups excluding carboxylic acids is 1. The second-order valence-corrected chi connectivity index (χ2v) is 7.91. The molecule has 0 unspecified atom stereocenters. The molecule has 1 saturated carbocycles. The molecule has 0 radical (unpaired) electrons. The van der Waals surface area contributed by atoms with Crippen molar-refractivity contribution >= 4 is 17.2 Å². The van der Waals surface area contributed by atoms with Crippen molar-refractivity contribution in [3.63, 3.8) is 0 Å². The summed E-state index contributed by atoms with van der Waals surface area (Å²) in [5, 5.41) is 6.49. The van der Waals surface area contributed by atoms with Crippen molar-refractivity contribution in [3.05, 3.63) is 16.1 Å². The Bertz CT molecular complexity index is 519. The smallest absolute Gasteiger partial charge is 0.234 e. The number of hydrogen-bond donors (Lipinski definition) is 1. The largest absolute Gasteiger partial charge is 0.355 e. The number of rotatable bonds is 6. The molecule has 5 nitrogen and oxygen atoms in total. The molecule has 1 amide bonds. The third kappa shape index (κ3) is 5.01. The van der Waals surface area contributed by atoms with Crippen molar-refractivity contribution in [3.8, 4) is 0 Å². The highest BCUT2D eigenvalue weighted by atomic mass is 32.1. The zero-order valence-corrected chi connectivity index (χ0v) is 15.6. The van der Waals surface area contributed by atoms with E-state index in [1.54, 1.807) is 0 Å². The average Bonchev–Trinajstić information content (AvgIpc) is 3.06. The zero-order chi connectivity index (χ0) is 16.8. The number of amides is 1. The fraction of sp³-hybridized carbons (Fsp3) is 0.778. The predicted octanol–water partition coefficient (Wildman–Crippen LogP) is 2.44. The van der Waals surface area contributed by atoms with Crippen LogP contribution in [0.2, 0.25) is 0 Å². The van der Waals surface area contributed by atoms with Crippen LogP contribution in [0.4, 0.5) is 0 Å². The molecule has 1 aromatic heterocycles. The van der Waals surface area contributed by atoms with Gasteiger partial charge in [-0.2, -0.15) is 0 Å². The lowest BCUT2D eigenvalue weighted by atomic mass is 9.90. The van der Waals surface area contributed by atoms with Crippen LogP contribution in [0.15, 0.2) is 5.38 Å². The molecule has 0 bridgehead atoms. The summed E-state index contributed by atoms with van der Waals surface area (Å²) in [6.07, 6.45) is 6.78. The fourth-order valence-corrected chi connectivity index (χ4v) is 4.71. The molecule has 6 heteroatoms. The summed E-state index contributed by atoms with van der Waals surface area (Å²) in [6.45, 7) is 8.15. The first-order chi connectivity index (χ1) is 11.7. The molecule has 3 rings (SSSR count). The van der Waals surface area contributed by atoms with E-state index in [1.165, 1.54) is 42.8 Å². The third-order valence-electron chi connectivity index (χ3n) is 5.12. The van der Waals surface area contributed by atoms with E-state index in [9.17, 15) is 4.79 Å². The third-order valence-corrected chi connectivity index (χ3v) is 6.17. The van der Waals surface area contributed by atoms with Gasteiger partial charge in [-0.1, -0.05) is 19.3 Å². The summed E-state index contributed by atoms with van der Waals surface area (Å²) < 4.78 is 0. The molecule has 2 fully saturated rings. The van der Waals surface area contributed by atoms with Crippen LogP contribution in [0.3, 0.4) is 0 Å². The van der Waals surface area contributed by atoms with Gasteiger partial charge in [-0.3, -0.25) is 14.6 Å². The van der Waals surface area contributed by atoms with Crippen molar-refractivity contribution < 1.29 is 4.79 Å². The minimum absolute atomic E-state index is 0.141. The lowest BCUT2D eigenvalue weighted by Gasteiger charge is -2.33. The van der Waals surface area contributed by atoms with Crippen molar-refractivity contribution in [2.24, 2.45) is 0 Å². The second kappa shape index (κ2) is 8.92. The van der Waals surface area contributed by atoms with Crippen LogP contribution in [0, 0.1) is 0 Å². The monoisotopic (exact) mass is 350 g/mol. The average molecular weight is 351 g/mol. The molecule has 24 heavy (non-hydrogen) atoms. The number of nitrogens with zero attached hydrogens (tertiary/aromatic N) is 3. The van der Waals surface area contributed by atoms with Gasteiger partial charge in [0.05, 0.1) is 17.2 Å². The first-order valence-corrected chi connectivity index (χ1v) is 10.3. The van der Waals surface area contributed by atoms with Crippen LogP contribution in [0.1, 0.15) is 55.6 Å². The van der Waals surface area contributed by atoms with Gasteiger partial charge in [0.15, 0.2) is 0 Å². The Morgan fingerprint density at radius 3 is 2.62 bits per heavy atom. The Labute approximate surface area is 149 Å². The maximum Gasteiger partial charge on any atom is 0.234 e. The highest BCUT2D eigenvalue weighted by Gasteiger charge is 2.21. The maximum atomic E-state index is 11.7. The molecule has 0 aromatic carbocycles. The first-order valence-electron chi connectivity index (χ1n) is 9.40. The number of aromatic nitrogens is 1. The standard InChI is InChI=1S/C18H30N4OS/c1-2-19-17(23)13-22-10-8-21(9-11-22)12-16-14-24-18(20-16)15-6-4-3-5-7-15/h14-15H,2-13H2,1H3,(H,19,23). The predicted molar refractivity (Wildman–Crippen MR) is 98.3 cm³/mol. The summed E-state index contributed by atoms with van der Waals surface area (Å²) >= 11 is 1.86. The van der Waals surface area contributed by atoms with Crippen LogP contribution >= 0.6 is 11.3 Å². The van der Waals surface area contributed by atoms with Crippen LogP contribution in [-0.4, -0.2) is 60.0 Å². The van der Waals surface area contributed by atoms with E-state index < -0.39 is 0 Å². The summed E-state index contributed by atoms with van der Waals surface area (Å²) in [5.74, 6) is 0.856. The van der Waals surface area contributed by atoms with E-state index in [1.807, 2.05) is 18.3 Å². The summed E-state index contributed by atoms with van der Waals surface area (Å²) in [7, 11) is 0. The number of piperazine rings is 1. The van der Waals surface area contributed by atoms with Crippen molar-refractivity contribution in [1.29, 1.82) is 0 Å². The lowest BCUT2D eigenvalue weighted by molar-refractivity contribution is -0.122. The van der Waals surface area contributed by atoms with E-state index in [2.05, 4.69) is 20.5 Å². The molecule has 1 aliphatic carbocycles. The van der Waals surface area contributed by atoms with Crippen molar-refractivity contribution in [2.75, 3.05) is 39.3 Å². The Morgan fingerprint density at radius 2 is 1.92 bits per heavy atom. The fourth-order valence-electron chi connectivity index (χ4n) is 3.72. The van der Waals surface area contributed by atoms with Crippen molar-refractivity contribution in [2.45, 2.75) is 51.5 Å². The Balaban J connectivity index is 1.43. The Morgan fingerprint density at radius 1 is 1.21 bits per heavy atom. The molecule has 1 saturated heterocycles. The minimum atomic E-state index is 0.141. The SMILES string of the molecule is CCNC(=O)CN1CCN(Cc2csc(C3CCCCC3)n2)CC1. The van der Waals surface area contributed by atoms with Gasteiger partial charge in [0.2, 0.25) is 5.91 Å². The number of hydrogen-bond acceptors (Lipinski definition) is 5. The molecule has 0 atom stereocenters. The normalized spacial score (nSPS) is 21.0. The number of carbonyl (C=O) groups is 1. The van der Waals surface area contributed by atoms with E-state index >= 15 is 0 Å². The van der Waals surface area contributed by atoms with Gasteiger partial charge in [0.1, 0.15) is 0 Å². The quantitative estimate of drug-likeness (QED) is 0.856. The summed E-state index contributed by atoms with van der Waals surface area (Å²) in [5.41, 5.74) is 1.23. The zero-order valence-electron chi connectivity index (χ0n) is 14.8. The van der Waals surface area contributed by atoms with Gasteiger partial charge in [-0.05, 0) is 19.8 Å². The minimum Gasteiger partial charge on any atom is -0.355 e. The van der Waals surface area contributed by atoms with Crippen LogP contribution in [0.25, 0.3) is 0 Å². The summed E-state index contributed by atoms with van der Waals surface area (Å²) in [6, 6.07) is 0. The van der Waals surface area contributed by atoms with Crippen LogP contribution < -0.4 is 5.32 Å². The summed E-state index contributed by atoms with van der Waals surface area (Å²) in [4.78, 5) is 21.3. The van der Waals surface area contributed by atoms with Gasteiger partial charge in [0, 0.05) is 50.6 Å². The molecule has 2 aliphatic rings. The Hall–Kier alpha value is -0.980. The van der Waals surface area contributed by atoms with E-state index in [-0.39, 0.29) is 5.91 Å². The van der Waals surface area contributed by atoms with Gasteiger partial charge in [0.25, 0.3) is 0 Å². The number of likely N-dealkylation sites (N-methyl/N-ethyl adjacent to an activating group) is 1. The number of nitrogens with one attached hydrogen (secondary N) is 1. The molecule has 2 heterocycles. The topological polar surface area (TPSA) is 48.5 Å². The van der Waals surface area contributed by atoms with Crippen molar-refractivity contribution in [1.82, 2.24) is 20.1 Å². The molecule has 134 valence electrons. The van der Waals surface area contributed by atoms with Gasteiger partial charge in [-0.25, -0.2) is 4.98 Å². The molecule has 1 aliphatic heterocycles. The van der Waals surface area contributed by atoms with E-state index in [0.717, 1.165) is 32.7 Å². The maximum absolute atomic E-state index is 11.7. The van der Waals surface area contributed by atoms with Crippen LogP contribution in [-0.2, 0) is 11.3 Å². The number of thiazole rings is 1.